The Morgan fingerprint density at radius 3 is 2.88 bits per heavy atom. The first-order valence-electron chi connectivity index (χ1n) is 7.88. The van der Waals surface area contributed by atoms with Crippen LogP contribution in [0.1, 0.15) is 34.7 Å². The fraction of sp³-hybridized carbons (Fsp3) is 0.412. The Kier molecular flexibility index (Phi) is 4.59. The predicted octanol–water partition coefficient (Wildman–Crippen LogP) is 1.73. The Bertz CT molecular complexity index is 762. The third kappa shape index (κ3) is 3.79. The fourth-order valence-electron chi connectivity index (χ4n) is 2.80. The average molecular weight is 329 g/mol. The van der Waals surface area contributed by atoms with Gasteiger partial charge in [0.25, 0.3) is 5.91 Å². The number of aryl methyl sites for hydroxylation is 2. The van der Waals surface area contributed by atoms with E-state index in [1.165, 1.54) is 18.4 Å². The van der Waals surface area contributed by atoms with Crippen LogP contribution in [0, 0.1) is 13.8 Å². The Hall–Kier alpha value is -2.70. The molecule has 0 N–H and O–H groups in total. The monoisotopic (exact) mass is 329 g/mol. The molecule has 0 radical (unpaired) electrons. The maximum atomic E-state index is 12.5. The quantitative estimate of drug-likeness (QED) is 0.852. The van der Waals surface area contributed by atoms with Gasteiger partial charge in [-0.1, -0.05) is 0 Å². The Labute approximate surface area is 139 Å². The summed E-state index contributed by atoms with van der Waals surface area (Å²) >= 11 is 0. The van der Waals surface area contributed by atoms with Crippen LogP contribution in [-0.2, 0) is 0 Å². The first-order valence-corrected chi connectivity index (χ1v) is 7.88. The zero-order chi connectivity index (χ0) is 17.1. The zero-order valence-electron chi connectivity index (χ0n) is 13.7. The number of likely N-dealkylation sites (tertiary alicyclic amines) is 1. The summed E-state index contributed by atoms with van der Waals surface area (Å²) in [7, 11) is 0. The Morgan fingerprint density at radius 1 is 1.33 bits per heavy atom. The highest BCUT2D eigenvalue weighted by Gasteiger charge is 2.26. The highest BCUT2D eigenvalue weighted by Crippen LogP contribution is 2.19. The summed E-state index contributed by atoms with van der Waals surface area (Å²) in [6.45, 7) is 4.83. The molecule has 1 atom stereocenters. The van der Waals surface area contributed by atoms with Crippen molar-refractivity contribution in [2.45, 2.75) is 32.8 Å². The van der Waals surface area contributed by atoms with Gasteiger partial charge in [0.2, 0.25) is 5.88 Å². The second kappa shape index (κ2) is 6.82. The molecule has 126 valence electrons. The summed E-state index contributed by atoms with van der Waals surface area (Å²) in [5.74, 6) is 1.03. The lowest BCUT2D eigenvalue weighted by atomic mass is 10.1. The van der Waals surface area contributed by atoms with Crippen molar-refractivity contribution in [2.75, 3.05) is 13.1 Å². The summed E-state index contributed by atoms with van der Waals surface area (Å²) in [5.41, 5.74) is 0.741. The second-order valence-corrected chi connectivity index (χ2v) is 5.87. The lowest BCUT2D eigenvalue weighted by molar-refractivity contribution is 0.0524. The number of carbonyl (C=O) groups is 1. The average Bonchev–Trinajstić information content (AvgIpc) is 2.54. The molecule has 7 nitrogen and oxygen atoms in total. The van der Waals surface area contributed by atoms with Crippen molar-refractivity contribution in [3.63, 3.8) is 0 Å². The molecular weight excluding hydrogens is 310 g/mol. The number of rotatable bonds is 3. The molecule has 3 rings (SSSR count). The van der Waals surface area contributed by atoms with Gasteiger partial charge in [-0.25, -0.2) is 9.78 Å². The number of aromatic nitrogens is 2. The molecule has 2 aromatic heterocycles. The van der Waals surface area contributed by atoms with Crippen molar-refractivity contribution in [1.82, 2.24) is 14.9 Å². The van der Waals surface area contributed by atoms with Gasteiger partial charge < -0.3 is 14.1 Å². The van der Waals surface area contributed by atoms with E-state index in [9.17, 15) is 9.59 Å². The molecule has 24 heavy (non-hydrogen) atoms. The maximum absolute atomic E-state index is 12.5. The smallest absolute Gasteiger partial charge is 0.335 e. The molecule has 1 amide bonds. The number of piperidine rings is 1. The number of hydrogen-bond acceptors (Lipinski definition) is 6. The molecule has 0 saturated carbocycles. The van der Waals surface area contributed by atoms with Crippen molar-refractivity contribution in [2.24, 2.45) is 0 Å². The minimum Gasteiger partial charge on any atom is -0.472 e. The highest BCUT2D eigenvalue weighted by atomic mass is 16.5. The van der Waals surface area contributed by atoms with Crippen molar-refractivity contribution in [1.29, 1.82) is 0 Å². The van der Waals surface area contributed by atoms with Gasteiger partial charge in [0.15, 0.2) is 0 Å². The molecule has 1 aliphatic heterocycles. The van der Waals surface area contributed by atoms with Crippen LogP contribution >= 0.6 is 0 Å². The van der Waals surface area contributed by atoms with E-state index in [-0.39, 0.29) is 12.0 Å². The molecule has 0 bridgehead atoms. The van der Waals surface area contributed by atoms with E-state index in [1.54, 1.807) is 11.0 Å². The van der Waals surface area contributed by atoms with Crippen LogP contribution in [0.4, 0.5) is 0 Å². The fourth-order valence-corrected chi connectivity index (χ4v) is 2.80. The zero-order valence-corrected chi connectivity index (χ0v) is 13.7. The molecule has 0 spiro atoms. The summed E-state index contributed by atoms with van der Waals surface area (Å²) in [4.78, 5) is 33.7. The van der Waals surface area contributed by atoms with Crippen molar-refractivity contribution >= 4 is 5.91 Å². The molecule has 1 saturated heterocycles. The van der Waals surface area contributed by atoms with Gasteiger partial charge in [-0.3, -0.25) is 4.79 Å². The number of carbonyl (C=O) groups excluding carboxylic acids is 1. The van der Waals surface area contributed by atoms with Crippen LogP contribution in [0.15, 0.2) is 33.7 Å². The molecule has 1 aliphatic rings. The molecule has 1 unspecified atom stereocenters. The Morgan fingerprint density at radius 2 is 2.17 bits per heavy atom. The first-order chi connectivity index (χ1) is 11.5. The van der Waals surface area contributed by atoms with Gasteiger partial charge in [-0.15, -0.1) is 0 Å². The topological polar surface area (TPSA) is 85.5 Å². The van der Waals surface area contributed by atoms with Gasteiger partial charge in [-0.2, -0.15) is 4.98 Å². The normalized spacial score (nSPS) is 17.6. The van der Waals surface area contributed by atoms with Crippen LogP contribution in [0.5, 0.6) is 5.88 Å². The summed E-state index contributed by atoms with van der Waals surface area (Å²) < 4.78 is 10.7. The minimum absolute atomic E-state index is 0.118. The lowest BCUT2D eigenvalue weighted by Crippen LogP contribution is -2.44. The third-order valence-corrected chi connectivity index (χ3v) is 3.84. The molecular formula is C17H19N3O4. The van der Waals surface area contributed by atoms with Crippen LogP contribution < -0.4 is 10.4 Å². The summed E-state index contributed by atoms with van der Waals surface area (Å²) in [6.07, 6.45) is 2.78. The first kappa shape index (κ1) is 16.2. The van der Waals surface area contributed by atoms with Crippen LogP contribution in [-0.4, -0.2) is 40.0 Å². The molecule has 7 heteroatoms. The standard InChI is InChI=1S/C17H19N3O4/c1-11-8-15(19-12(2)18-11)24-14-4-3-7-20(9-14)17(22)13-5-6-16(21)23-10-13/h5-6,8,10,14H,3-4,7,9H2,1-2H3. The molecule has 2 aromatic rings. The van der Waals surface area contributed by atoms with Gasteiger partial charge in [0.1, 0.15) is 18.2 Å². The highest BCUT2D eigenvalue weighted by molar-refractivity contribution is 5.93. The number of nitrogens with zero attached hydrogens (tertiary/aromatic N) is 3. The minimum atomic E-state index is -0.471. The van der Waals surface area contributed by atoms with Gasteiger partial charge >= 0.3 is 5.63 Å². The predicted molar refractivity (Wildman–Crippen MR) is 86.0 cm³/mol. The van der Waals surface area contributed by atoms with E-state index in [0.29, 0.717) is 30.4 Å². The van der Waals surface area contributed by atoms with Crippen molar-refractivity contribution in [3.8, 4) is 5.88 Å². The van der Waals surface area contributed by atoms with Crippen molar-refractivity contribution in [3.05, 3.63) is 52.0 Å². The summed E-state index contributed by atoms with van der Waals surface area (Å²) in [6, 6.07) is 4.52. The van der Waals surface area contributed by atoms with E-state index < -0.39 is 5.63 Å². The van der Waals surface area contributed by atoms with Gasteiger partial charge in [0, 0.05) is 24.4 Å². The van der Waals surface area contributed by atoms with Gasteiger partial charge in [0.05, 0.1) is 12.1 Å². The Balaban J connectivity index is 1.68. The molecule has 1 fully saturated rings. The molecule has 3 heterocycles. The van der Waals surface area contributed by atoms with Crippen LogP contribution in [0.2, 0.25) is 0 Å². The second-order valence-electron chi connectivity index (χ2n) is 5.87. The van der Waals surface area contributed by atoms with E-state index in [2.05, 4.69) is 9.97 Å². The van der Waals surface area contributed by atoms with E-state index >= 15 is 0 Å². The van der Waals surface area contributed by atoms with Crippen molar-refractivity contribution < 1.29 is 13.9 Å². The van der Waals surface area contributed by atoms with E-state index in [1.807, 2.05) is 13.8 Å². The SMILES string of the molecule is Cc1cc(OC2CCCN(C(=O)c3ccc(=O)oc3)C2)nc(C)n1. The maximum Gasteiger partial charge on any atom is 0.335 e. The number of amides is 1. The van der Waals surface area contributed by atoms with Gasteiger partial charge in [-0.05, 0) is 32.8 Å². The molecule has 0 aliphatic carbocycles. The van der Waals surface area contributed by atoms with E-state index in [4.69, 9.17) is 9.15 Å². The molecule has 0 aromatic carbocycles. The lowest BCUT2D eigenvalue weighted by Gasteiger charge is -2.32. The number of hydrogen-bond donors (Lipinski definition) is 0. The largest absolute Gasteiger partial charge is 0.472 e. The van der Waals surface area contributed by atoms with Crippen LogP contribution in [0.3, 0.4) is 0 Å². The summed E-state index contributed by atoms with van der Waals surface area (Å²) in [5, 5.41) is 0. The van der Waals surface area contributed by atoms with Crippen LogP contribution in [0.25, 0.3) is 0 Å². The third-order valence-electron chi connectivity index (χ3n) is 3.84. The number of ether oxygens (including phenoxy) is 1. The van der Waals surface area contributed by atoms with E-state index in [0.717, 1.165) is 18.5 Å².